The van der Waals surface area contributed by atoms with Crippen molar-refractivity contribution in [2.45, 2.75) is 30.5 Å². The second-order valence-corrected chi connectivity index (χ2v) is 17.9. The van der Waals surface area contributed by atoms with Crippen LogP contribution in [0.3, 0.4) is 0 Å². The quantitative estimate of drug-likeness (QED) is 0.0705. The van der Waals surface area contributed by atoms with Crippen LogP contribution in [0.15, 0.2) is 152 Å². The fourth-order valence-electron chi connectivity index (χ4n) is 7.61. The van der Waals surface area contributed by atoms with E-state index < -0.39 is 63.0 Å². The number of fused-ring (bicyclic) bond motifs is 2. The van der Waals surface area contributed by atoms with Crippen molar-refractivity contribution in [3.63, 3.8) is 0 Å². The minimum Gasteiger partial charge on any atom is -0.195 e. The van der Waals surface area contributed by atoms with Crippen molar-refractivity contribution >= 4 is 59.5 Å². The van der Waals surface area contributed by atoms with Gasteiger partial charge in [0.25, 0.3) is 0 Å². The van der Waals surface area contributed by atoms with Gasteiger partial charge in [-0.2, -0.15) is 74.5 Å². The Bertz CT molecular complexity index is 2350. The van der Waals surface area contributed by atoms with Crippen molar-refractivity contribution in [2.75, 3.05) is 12.5 Å². The number of rotatable bonds is 6. The van der Waals surface area contributed by atoms with Gasteiger partial charge in [0.1, 0.15) is 24.4 Å². The van der Waals surface area contributed by atoms with E-state index in [1.54, 1.807) is 0 Å². The van der Waals surface area contributed by atoms with Crippen LogP contribution in [0.4, 0.5) is 52.7 Å². The first-order chi connectivity index (χ1) is 27.9. The molecule has 0 atom stereocenters. The van der Waals surface area contributed by atoms with Gasteiger partial charge >= 0.3 is 24.7 Å². The molecule has 0 amide bonds. The monoisotopic (exact) mass is 860 g/mol. The maximum atomic E-state index is 13.3. The number of halogens is 12. The molecule has 0 aliphatic rings. The van der Waals surface area contributed by atoms with Gasteiger partial charge in [0.05, 0.1) is 32.2 Å². The van der Waals surface area contributed by atoms with Crippen LogP contribution in [0.25, 0.3) is 21.5 Å². The Labute approximate surface area is 338 Å². The van der Waals surface area contributed by atoms with E-state index in [-0.39, 0.29) is 21.9 Å². The van der Waals surface area contributed by atoms with Crippen LogP contribution < -0.4 is 21.9 Å². The first-order valence-electron chi connectivity index (χ1n) is 18.1. The molecule has 7 rings (SSSR count). The molecule has 0 N–H and O–H groups in total. The van der Waals surface area contributed by atoms with Crippen LogP contribution in [0.5, 0.6) is 0 Å². The molecule has 0 aliphatic heterocycles. The number of benzene rings is 7. The zero-order valence-electron chi connectivity index (χ0n) is 31.6. The van der Waals surface area contributed by atoms with Gasteiger partial charge < -0.3 is 0 Å². The van der Waals surface area contributed by atoms with Crippen molar-refractivity contribution < 1.29 is 56.9 Å². The zero-order chi connectivity index (χ0) is 43.9. The second kappa shape index (κ2) is 16.1. The van der Waals surface area contributed by atoms with E-state index in [0.717, 1.165) is 48.5 Å². The molecule has 0 aromatic heterocycles. The third kappa shape index (κ3) is 9.41. The summed E-state index contributed by atoms with van der Waals surface area (Å²) in [6.45, 7) is 0. The fourth-order valence-corrected chi connectivity index (χ4v) is 8.62. The van der Waals surface area contributed by atoms with E-state index in [4.69, 9.17) is 0 Å². The van der Waals surface area contributed by atoms with Crippen LogP contribution in [0.1, 0.15) is 27.8 Å². The van der Waals surface area contributed by atoms with Crippen LogP contribution in [-0.4, -0.2) is 18.7 Å². The van der Waals surface area contributed by atoms with Gasteiger partial charge in [-0.25, -0.2) is 0 Å². The first kappa shape index (κ1) is 44.0. The van der Waals surface area contributed by atoms with Crippen LogP contribution in [0.2, 0.25) is 0 Å². The summed E-state index contributed by atoms with van der Waals surface area (Å²) < 4.78 is 172. The highest BCUT2D eigenvalue weighted by Gasteiger charge is 2.38. The summed E-state index contributed by atoms with van der Waals surface area (Å²) in [5, 5.41) is 4.88. The highest BCUT2D eigenvalue weighted by molar-refractivity contribution is 8.00. The van der Waals surface area contributed by atoms with E-state index in [1.165, 1.54) is 27.1 Å². The van der Waals surface area contributed by atoms with Crippen molar-refractivity contribution in [3.05, 3.63) is 179 Å². The highest BCUT2D eigenvalue weighted by atomic mass is 32.2. The summed E-state index contributed by atoms with van der Waals surface area (Å²) >= 11 is 0. The molecule has 0 saturated heterocycles. The molecule has 60 heavy (non-hydrogen) atoms. The minimum absolute atomic E-state index is 0.0114. The van der Waals surface area contributed by atoms with Crippen molar-refractivity contribution in [2.24, 2.45) is 0 Å². The summed E-state index contributed by atoms with van der Waals surface area (Å²) in [7, 11) is -1.81. The Hall–Kier alpha value is -5.57. The lowest BCUT2D eigenvalue weighted by atomic mass is 9.13. The Kier molecular flexibility index (Phi) is 11.8. The average molecular weight is 861 g/mol. The van der Waals surface area contributed by atoms with Gasteiger partial charge in [-0.15, -0.1) is 4.21 Å². The van der Waals surface area contributed by atoms with E-state index in [1.807, 2.05) is 24.6 Å². The van der Waals surface area contributed by atoms with Crippen molar-refractivity contribution in [1.29, 1.82) is 0 Å². The van der Waals surface area contributed by atoms with E-state index >= 15 is 0 Å². The molecule has 0 saturated carbocycles. The van der Waals surface area contributed by atoms with Gasteiger partial charge in [0.15, 0.2) is 0 Å². The van der Waals surface area contributed by atoms with Gasteiger partial charge in [0, 0.05) is 5.56 Å². The number of hydrogen-bond donors (Lipinski definition) is 0. The van der Waals surface area contributed by atoms with Crippen LogP contribution in [0, 0.1) is 0 Å². The summed E-state index contributed by atoms with van der Waals surface area (Å²) in [5.74, 6) is 0.634. The SMILES string of the molecule is C[S+](C)(=O)Cc1c2ccccc2cc2ccccc12.FC(F)(F)c1ccc([B-](c2ccc(C(F)(F)F)cc2)(c2ccc(C(F)(F)F)cc2)c2ccc(C(F)(F)F)cc2)cc1. The van der Waals surface area contributed by atoms with Crippen LogP contribution >= 0.6 is 0 Å². The summed E-state index contributed by atoms with van der Waals surface area (Å²) in [4.78, 5) is 0. The zero-order valence-corrected chi connectivity index (χ0v) is 32.4. The first-order valence-corrected chi connectivity index (χ1v) is 20.6. The Morgan fingerprint density at radius 1 is 0.400 bits per heavy atom. The van der Waals surface area contributed by atoms with Gasteiger partial charge in [-0.1, -0.05) is 146 Å². The number of hydrogen-bond acceptors (Lipinski definition) is 1. The topological polar surface area (TPSA) is 17.1 Å². The lowest BCUT2D eigenvalue weighted by molar-refractivity contribution is -0.138. The molecule has 0 aliphatic carbocycles. The Balaban J connectivity index is 0.000000263. The maximum absolute atomic E-state index is 13.3. The molecule has 0 heterocycles. The van der Waals surface area contributed by atoms with E-state index in [9.17, 15) is 56.9 Å². The summed E-state index contributed by atoms with van der Waals surface area (Å²) in [6, 6.07) is 32.5. The highest BCUT2D eigenvalue weighted by Crippen LogP contribution is 2.34. The fraction of sp³-hybridized carbons (Fsp3) is 0.156. The average Bonchev–Trinajstić information content (AvgIpc) is 3.17. The van der Waals surface area contributed by atoms with Crippen LogP contribution in [-0.2, 0) is 44.6 Å². The Morgan fingerprint density at radius 2 is 0.650 bits per heavy atom. The summed E-state index contributed by atoms with van der Waals surface area (Å²) in [5.41, 5.74) is -3.08. The largest absolute Gasteiger partial charge is 0.416 e. The van der Waals surface area contributed by atoms with Crippen molar-refractivity contribution in [1.82, 2.24) is 0 Å². The number of alkyl halides is 12. The third-order valence-corrected chi connectivity index (χ3v) is 11.3. The standard InChI is InChI=1S/C28H16BF12.C17H17OS/c30-25(31,32)17-1-9-21(10-2-17)29(22-11-3-18(4-12-22)26(33,34)35,23-13-5-19(6-14-23)27(36,37)38)24-15-7-20(8-16-24)28(39,40)41;1-19(2,18)12-17-15-9-5-3-7-13(15)11-14-8-4-6-10-16(14)17/h1-16H;3-11H,12H2,1-2H3/q-1;+1. The van der Waals surface area contributed by atoms with Gasteiger partial charge in [-0.05, 0) is 27.6 Å². The van der Waals surface area contributed by atoms with Gasteiger partial charge in [-0.3, -0.25) is 0 Å². The summed E-state index contributed by atoms with van der Waals surface area (Å²) in [6.07, 6.45) is -18.3. The smallest absolute Gasteiger partial charge is 0.195 e. The van der Waals surface area contributed by atoms with Crippen molar-refractivity contribution in [3.8, 4) is 0 Å². The van der Waals surface area contributed by atoms with E-state index in [2.05, 4.69) is 42.5 Å². The minimum atomic E-state index is -4.77. The molecule has 7 aromatic rings. The molecule has 0 radical (unpaired) electrons. The molecule has 1 nitrogen and oxygen atoms in total. The molecule has 312 valence electrons. The normalized spacial score (nSPS) is 13.0. The van der Waals surface area contributed by atoms with E-state index in [0.29, 0.717) is 54.3 Å². The molecular weight excluding hydrogens is 827 g/mol. The molecule has 0 fully saturated rings. The third-order valence-electron chi connectivity index (χ3n) is 10.3. The second-order valence-electron chi connectivity index (χ2n) is 14.7. The molecule has 0 spiro atoms. The Morgan fingerprint density at radius 3 is 0.883 bits per heavy atom. The predicted octanol–water partition coefficient (Wildman–Crippen LogP) is 11.4. The molecule has 0 bridgehead atoms. The van der Waals surface area contributed by atoms with Gasteiger partial charge in [0.2, 0.25) is 0 Å². The molecule has 15 heteroatoms. The molecular formula is C45H33BF12OS. The lowest BCUT2D eigenvalue weighted by Crippen LogP contribution is -2.74. The molecule has 0 unspecified atom stereocenters. The molecule has 7 aromatic carbocycles. The predicted molar refractivity (Wildman–Crippen MR) is 215 cm³/mol. The maximum Gasteiger partial charge on any atom is 0.416 e. The lowest BCUT2D eigenvalue weighted by Gasteiger charge is -2.44.